The van der Waals surface area contributed by atoms with Gasteiger partial charge in [-0.15, -0.1) is 5.10 Å². The number of aryl methyl sites for hydroxylation is 1. The van der Waals surface area contributed by atoms with Gasteiger partial charge in [0.2, 0.25) is 0 Å². The van der Waals surface area contributed by atoms with Gasteiger partial charge in [-0.2, -0.15) is 5.10 Å². The third-order valence-corrected chi connectivity index (χ3v) is 3.75. The summed E-state index contributed by atoms with van der Waals surface area (Å²) in [4.78, 5) is 14.5. The van der Waals surface area contributed by atoms with E-state index in [2.05, 4.69) is 15.6 Å². The molecule has 108 valence electrons. The van der Waals surface area contributed by atoms with E-state index in [0.29, 0.717) is 25.3 Å². The van der Waals surface area contributed by atoms with Crippen LogP contribution in [0.2, 0.25) is 0 Å². The third-order valence-electron chi connectivity index (χ3n) is 3.75. The molecule has 0 saturated heterocycles. The Hall–Kier alpha value is -2.47. The van der Waals surface area contributed by atoms with Crippen molar-refractivity contribution in [3.8, 4) is 0 Å². The number of carbonyl (C=O) groups is 1. The van der Waals surface area contributed by atoms with Crippen molar-refractivity contribution in [2.24, 2.45) is 5.84 Å². The van der Waals surface area contributed by atoms with E-state index in [1.54, 1.807) is 0 Å². The molecule has 3 rings (SSSR count). The van der Waals surface area contributed by atoms with E-state index in [1.807, 2.05) is 42.2 Å². The number of fused-ring (bicyclic) bond motifs is 1. The molecule has 1 aliphatic rings. The Bertz CT molecular complexity index is 686. The second-order valence-corrected chi connectivity index (χ2v) is 5.14. The van der Waals surface area contributed by atoms with Crippen LogP contribution in [0, 0.1) is 6.92 Å². The maximum absolute atomic E-state index is 12.6. The number of nitrogen functional groups attached to an aromatic ring is 1. The monoisotopic (exact) mass is 283 g/mol. The van der Waals surface area contributed by atoms with E-state index in [4.69, 9.17) is 5.84 Å². The average molecular weight is 283 g/mol. The van der Waals surface area contributed by atoms with Crippen LogP contribution in [0.5, 0.6) is 0 Å². The molecule has 0 spiro atoms. The van der Waals surface area contributed by atoms with E-state index >= 15 is 0 Å². The number of aromatic nitrogens is 2. The van der Waals surface area contributed by atoms with Gasteiger partial charge in [-0.1, -0.05) is 18.2 Å². The predicted octanol–water partition coefficient (Wildman–Crippen LogP) is 1.27. The number of hydrazine groups is 1. The summed E-state index contributed by atoms with van der Waals surface area (Å²) in [7, 11) is 0. The summed E-state index contributed by atoms with van der Waals surface area (Å²) in [5, 5.41) is 8.11. The zero-order chi connectivity index (χ0) is 14.8. The van der Waals surface area contributed by atoms with Crippen LogP contribution in [-0.2, 0) is 13.0 Å². The minimum Gasteiger partial charge on any atom is -0.334 e. The lowest BCUT2D eigenvalue weighted by atomic mass is 10.0. The van der Waals surface area contributed by atoms with Crippen LogP contribution >= 0.6 is 0 Å². The Morgan fingerprint density at radius 3 is 2.90 bits per heavy atom. The highest BCUT2D eigenvalue weighted by Crippen LogP contribution is 2.21. The van der Waals surface area contributed by atoms with Crippen LogP contribution < -0.4 is 11.3 Å². The quantitative estimate of drug-likeness (QED) is 0.640. The molecule has 0 bridgehead atoms. The fourth-order valence-electron chi connectivity index (χ4n) is 2.56. The van der Waals surface area contributed by atoms with E-state index in [1.165, 1.54) is 0 Å². The lowest BCUT2D eigenvalue weighted by molar-refractivity contribution is 0.0732. The fraction of sp³-hybridized carbons (Fsp3) is 0.267. The van der Waals surface area contributed by atoms with E-state index < -0.39 is 0 Å². The molecule has 1 aliphatic heterocycles. The Labute approximate surface area is 122 Å². The number of hydrogen-bond donors (Lipinski definition) is 2. The number of nitrogens with two attached hydrogens (primary N) is 1. The summed E-state index contributed by atoms with van der Waals surface area (Å²) in [6.45, 7) is 3.14. The summed E-state index contributed by atoms with van der Waals surface area (Å²) in [5.74, 6) is 5.92. The van der Waals surface area contributed by atoms with Gasteiger partial charge in [-0.05, 0) is 30.2 Å². The minimum atomic E-state index is 0.0535. The number of amides is 1. The lowest BCUT2D eigenvalue weighted by Gasteiger charge is -2.28. The molecule has 6 heteroatoms. The molecular weight excluding hydrogens is 266 g/mol. The molecule has 0 aliphatic carbocycles. The van der Waals surface area contributed by atoms with Crippen LogP contribution in [0.3, 0.4) is 0 Å². The molecule has 0 atom stereocenters. The van der Waals surface area contributed by atoms with Gasteiger partial charge in [0.1, 0.15) is 0 Å². The average Bonchev–Trinajstić information content (AvgIpc) is 2.53. The fourth-order valence-corrected chi connectivity index (χ4v) is 2.56. The number of carbonyl (C=O) groups excluding carboxylic acids is 1. The largest absolute Gasteiger partial charge is 0.334 e. The second kappa shape index (κ2) is 5.49. The highest BCUT2D eigenvalue weighted by atomic mass is 16.2. The molecule has 3 N–H and O–H groups in total. The number of benzene rings is 1. The SMILES string of the molecule is Cc1ccccc1C(=O)N1CCc2nnc(NN)cc2C1. The number of nitrogens with one attached hydrogen (secondary N) is 1. The highest BCUT2D eigenvalue weighted by Gasteiger charge is 2.24. The van der Waals surface area contributed by atoms with Crippen molar-refractivity contribution in [2.45, 2.75) is 19.9 Å². The molecule has 1 aromatic heterocycles. The minimum absolute atomic E-state index is 0.0535. The summed E-state index contributed by atoms with van der Waals surface area (Å²) < 4.78 is 0. The first-order valence-corrected chi connectivity index (χ1v) is 6.86. The molecule has 0 radical (unpaired) electrons. The van der Waals surface area contributed by atoms with Crippen LogP contribution in [-0.4, -0.2) is 27.5 Å². The Morgan fingerprint density at radius 2 is 2.14 bits per heavy atom. The smallest absolute Gasteiger partial charge is 0.254 e. The summed E-state index contributed by atoms with van der Waals surface area (Å²) >= 11 is 0. The molecule has 0 unspecified atom stereocenters. The zero-order valence-corrected chi connectivity index (χ0v) is 11.8. The first-order chi connectivity index (χ1) is 10.2. The highest BCUT2D eigenvalue weighted by molar-refractivity contribution is 5.95. The second-order valence-electron chi connectivity index (χ2n) is 5.14. The van der Waals surface area contributed by atoms with Gasteiger partial charge in [0, 0.05) is 25.1 Å². The van der Waals surface area contributed by atoms with Crippen LogP contribution in [0.15, 0.2) is 30.3 Å². The van der Waals surface area contributed by atoms with Crippen molar-refractivity contribution in [2.75, 3.05) is 12.0 Å². The predicted molar refractivity (Wildman–Crippen MR) is 79.5 cm³/mol. The summed E-state index contributed by atoms with van der Waals surface area (Å²) in [5.41, 5.74) is 6.15. The molecule has 21 heavy (non-hydrogen) atoms. The molecule has 0 fully saturated rings. The van der Waals surface area contributed by atoms with Crippen molar-refractivity contribution < 1.29 is 4.79 Å². The van der Waals surface area contributed by atoms with Gasteiger partial charge in [-0.3, -0.25) is 4.79 Å². The van der Waals surface area contributed by atoms with Crippen molar-refractivity contribution in [3.05, 3.63) is 52.7 Å². The number of rotatable bonds is 2. The zero-order valence-electron chi connectivity index (χ0n) is 11.8. The van der Waals surface area contributed by atoms with E-state index in [-0.39, 0.29) is 5.91 Å². The Kier molecular flexibility index (Phi) is 3.53. The molecule has 1 amide bonds. The van der Waals surface area contributed by atoms with Gasteiger partial charge in [-0.25, -0.2) is 5.84 Å². The van der Waals surface area contributed by atoms with E-state index in [9.17, 15) is 4.79 Å². The van der Waals surface area contributed by atoms with Gasteiger partial charge in [0.15, 0.2) is 5.82 Å². The van der Waals surface area contributed by atoms with Gasteiger partial charge in [0.25, 0.3) is 5.91 Å². The first-order valence-electron chi connectivity index (χ1n) is 6.86. The molecule has 2 heterocycles. The van der Waals surface area contributed by atoms with Gasteiger partial charge < -0.3 is 10.3 Å². The lowest BCUT2D eigenvalue weighted by Crippen LogP contribution is -2.37. The van der Waals surface area contributed by atoms with Crippen LogP contribution in [0.1, 0.15) is 27.2 Å². The van der Waals surface area contributed by atoms with Crippen molar-refractivity contribution >= 4 is 11.7 Å². The van der Waals surface area contributed by atoms with Crippen molar-refractivity contribution in [3.63, 3.8) is 0 Å². The van der Waals surface area contributed by atoms with Crippen LogP contribution in [0.25, 0.3) is 0 Å². The molecule has 6 nitrogen and oxygen atoms in total. The van der Waals surface area contributed by atoms with E-state index in [0.717, 1.165) is 22.4 Å². The third kappa shape index (κ3) is 2.57. The molecule has 2 aromatic rings. The Balaban J connectivity index is 1.85. The maximum Gasteiger partial charge on any atom is 0.254 e. The molecule has 0 saturated carbocycles. The van der Waals surface area contributed by atoms with Crippen LogP contribution in [0.4, 0.5) is 5.82 Å². The summed E-state index contributed by atoms with van der Waals surface area (Å²) in [6, 6.07) is 9.49. The molecular formula is C15H17N5O. The maximum atomic E-state index is 12.6. The number of hydrogen-bond acceptors (Lipinski definition) is 5. The first kappa shape index (κ1) is 13.5. The topological polar surface area (TPSA) is 84.1 Å². The summed E-state index contributed by atoms with van der Waals surface area (Å²) in [6.07, 6.45) is 0.713. The molecule has 1 aromatic carbocycles. The van der Waals surface area contributed by atoms with Crippen molar-refractivity contribution in [1.29, 1.82) is 0 Å². The number of nitrogens with zero attached hydrogens (tertiary/aromatic N) is 3. The number of anilines is 1. The standard InChI is InChI=1S/C15H17N5O/c1-10-4-2-3-5-12(10)15(21)20-7-6-13-11(9-20)8-14(17-16)19-18-13/h2-5,8H,6-7,9,16H2,1H3,(H,17,19). The Morgan fingerprint density at radius 1 is 1.33 bits per heavy atom. The van der Waals surface area contributed by atoms with Gasteiger partial charge >= 0.3 is 0 Å². The van der Waals surface area contributed by atoms with Gasteiger partial charge in [0.05, 0.1) is 5.69 Å². The normalized spacial score (nSPS) is 13.7. The van der Waals surface area contributed by atoms with Crippen molar-refractivity contribution in [1.82, 2.24) is 15.1 Å².